The minimum atomic E-state index is -1.04. The lowest BCUT2D eigenvalue weighted by Gasteiger charge is -2.26. The molecular weight excluding hydrogens is 246 g/mol. The van der Waals surface area contributed by atoms with E-state index in [0.717, 1.165) is 43.8 Å². The van der Waals surface area contributed by atoms with Gasteiger partial charge in [0.15, 0.2) is 0 Å². The number of nitrogens with zero attached hydrogens (tertiary/aromatic N) is 1. The van der Waals surface area contributed by atoms with Crippen molar-refractivity contribution in [1.82, 2.24) is 4.90 Å². The maximum atomic E-state index is 10.9. The molecule has 0 amide bonds. The summed E-state index contributed by atoms with van der Waals surface area (Å²) in [7, 11) is 0. The minimum absolute atomic E-state index is 0.0153. The highest BCUT2D eigenvalue weighted by Crippen LogP contribution is 2.21. The molecule has 1 N–H and O–H groups in total. The first-order chi connectivity index (χ1) is 9.22. The number of benzene rings is 1. The van der Waals surface area contributed by atoms with Crippen molar-refractivity contribution in [2.45, 2.75) is 6.54 Å². The fourth-order valence-electron chi connectivity index (χ4n) is 2.30. The largest absolute Gasteiger partial charge is 0.475 e. The lowest BCUT2D eigenvalue weighted by Crippen LogP contribution is -2.35. The number of fused-ring (bicyclic) bond motifs is 1. The molecule has 1 aromatic carbocycles. The number of ether oxygens (including phenoxy) is 1. The average molecular weight is 261 g/mol. The molecule has 19 heavy (non-hydrogen) atoms. The predicted octanol–water partition coefficient (Wildman–Crippen LogP) is 1.96. The Hall–Kier alpha value is -1.85. The number of furan rings is 1. The van der Waals surface area contributed by atoms with E-state index in [4.69, 9.17) is 14.3 Å². The number of morpholine rings is 1. The summed E-state index contributed by atoms with van der Waals surface area (Å²) in [5.41, 5.74) is 1.75. The van der Waals surface area contributed by atoms with Crippen LogP contribution in [0.2, 0.25) is 0 Å². The van der Waals surface area contributed by atoms with Gasteiger partial charge in [-0.3, -0.25) is 4.90 Å². The molecule has 0 aliphatic carbocycles. The van der Waals surface area contributed by atoms with Gasteiger partial charge < -0.3 is 14.3 Å². The first kappa shape index (κ1) is 12.2. The Balaban J connectivity index is 1.82. The molecule has 1 aromatic heterocycles. The Morgan fingerprint density at radius 1 is 1.26 bits per heavy atom. The monoisotopic (exact) mass is 261 g/mol. The summed E-state index contributed by atoms with van der Waals surface area (Å²) < 4.78 is 10.6. The number of carboxylic acids is 1. The highest BCUT2D eigenvalue weighted by Gasteiger charge is 2.13. The summed E-state index contributed by atoms with van der Waals surface area (Å²) in [5, 5.41) is 9.72. The highest BCUT2D eigenvalue weighted by molar-refractivity contribution is 5.91. The Morgan fingerprint density at radius 2 is 2.05 bits per heavy atom. The van der Waals surface area contributed by atoms with Gasteiger partial charge in [0.2, 0.25) is 5.76 Å². The number of rotatable bonds is 3. The zero-order valence-electron chi connectivity index (χ0n) is 10.5. The Morgan fingerprint density at radius 3 is 2.79 bits per heavy atom. The van der Waals surface area contributed by atoms with Gasteiger partial charge in [0.25, 0.3) is 0 Å². The van der Waals surface area contributed by atoms with E-state index >= 15 is 0 Å². The molecule has 0 radical (unpaired) electrons. The first-order valence-corrected chi connectivity index (χ1v) is 6.28. The van der Waals surface area contributed by atoms with E-state index in [9.17, 15) is 4.79 Å². The molecule has 1 aliphatic rings. The van der Waals surface area contributed by atoms with E-state index in [1.807, 2.05) is 18.2 Å². The second-order valence-electron chi connectivity index (χ2n) is 4.68. The van der Waals surface area contributed by atoms with Crippen molar-refractivity contribution in [2.75, 3.05) is 26.3 Å². The first-order valence-electron chi connectivity index (χ1n) is 6.28. The Kier molecular flexibility index (Phi) is 3.23. The Labute approximate surface area is 110 Å². The number of carbonyl (C=O) groups is 1. The van der Waals surface area contributed by atoms with Crippen molar-refractivity contribution < 1.29 is 19.1 Å². The third-order valence-electron chi connectivity index (χ3n) is 3.31. The molecule has 0 spiro atoms. The fourth-order valence-corrected chi connectivity index (χ4v) is 2.30. The van der Waals surface area contributed by atoms with E-state index in [1.165, 1.54) is 0 Å². The summed E-state index contributed by atoms with van der Waals surface area (Å²) in [6.45, 7) is 4.23. The van der Waals surface area contributed by atoms with Crippen LogP contribution in [-0.2, 0) is 11.3 Å². The van der Waals surface area contributed by atoms with Gasteiger partial charge in [0.05, 0.1) is 13.2 Å². The molecule has 0 saturated carbocycles. The maximum Gasteiger partial charge on any atom is 0.371 e. The quantitative estimate of drug-likeness (QED) is 0.915. The van der Waals surface area contributed by atoms with Gasteiger partial charge in [-0.25, -0.2) is 4.79 Å². The van der Waals surface area contributed by atoms with E-state index in [1.54, 1.807) is 6.07 Å². The van der Waals surface area contributed by atoms with Crippen LogP contribution in [0.3, 0.4) is 0 Å². The van der Waals surface area contributed by atoms with Gasteiger partial charge in [-0.1, -0.05) is 12.1 Å². The number of aromatic carboxylic acids is 1. The van der Waals surface area contributed by atoms with Crippen LogP contribution in [0.1, 0.15) is 16.1 Å². The SMILES string of the molecule is O=C(O)c1cc2ccc(CN3CCOCC3)cc2o1. The third-order valence-corrected chi connectivity index (χ3v) is 3.31. The zero-order valence-corrected chi connectivity index (χ0v) is 10.5. The topological polar surface area (TPSA) is 62.9 Å². The van der Waals surface area contributed by atoms with Crippen molar-refractivity contribution in [2.24, 2.45) is 0 Å². The van der Waals surface area contributed by atoms with E-state index in [-0.39, 0.29) is 5.76 Å². The van der Waals surface area contributed by atoms with Gasteiger partial charge in [-0.15, -0.1) is 0 Å². The molecule has 0 atom stereocenters. The smallest absolute Gasteiger partial charge is 0.371 e. The Bertz CT molecular complexity index is 599. The lowest BCUT2D eigenvalue weighted by atomic mass is 10.1. The zero-order chi connectivity index (χ0) is 13.2. The van der Waals surface area contributed by atoms with Gasteiger partial charge in [-0.2, -0.15) is 0 Å². The number of carboxylic acid groups (broad SMARTS) is 1. The minimum Gasteiger partial charge on any atom is -0.475 e. The van der Waals surface area contributed by atoms with Gasteiger partial charge >= 0.3 is 5.97 Å². The highest BCUT2D eigenvalue weighted by atomic mass is 16.5. The second kappa shape index (κ2) is 5.03. The van der Waals surface area contributed by atoms with Gasteiger partial charge in [0.1, 0.15) is 5.58 Å². The van der Waals surface area contributed by atoms with Crippen LogP contribution in [0, 0.1) is 0 Å². The molecule has 2 aromatic rings. The fraction of sp³-hybridized carbons (Fsp3) is 0.357. The summed E-state index contributed by atoms with van der Waals surface area (Å²) in [4.78, 5) is 13.2. The summed E-state index contributed by atoms with van der Waals surface area (Å²) in [6.07, 6.45) is 0. The predicted molar refractivity (Wildman–Crippen MR) is 69.3 cm³/mol. The third kappa shape index (κ3) is 2.62. The molecule has 5 nitrogen and oxygen atoms in total. The standard InChI is InChI=1S/C14H15NO4/c16-14(17)13-8-11-2-1-10(7-12(11)19-13)9-15-3-5-18-6-4-15/h1-2,7-8H,3-6,9H2,(H,16,17). The molecule has 1 fully saturated rings. The summed E-state index contributed by atoms with van der Waals surface area (Å²) in [6, 6.07) is 7.38. The summed E-state index contributed by atoms with van der Waals surface area (Å²) >= 11 is 0. The van der Waals surface area contributed by atoms with Crippen LogP contribution < -0.4 is 0 Å². The number of hydrogen-bond acceptors (Lipinski definition) is 4. The van der Waals surface area contributed by atoms with E-state index < -0.39 is 5.97 Å². The van der Waals surface area contributed by atoms with Gasteiger partial charge in [0, 0.05) is 25.0 Å². The lowest BCUT2D eigenvalue weighted by molar-refractivity contribution is 0.0342. The van der Waals surface area contributed by atoms with Gasteiger partial charge in [-0.05, 0) is 17.7 Å². The van der Waals surface area contributed by atoms with Crippen LogP contribution >= 0.6 is 0 Å². The molecule has 1 saturated heterocycles. The van der Waals surface area contributed by atoms with E-state index in [2.05, 4.69) is 4.90 Å². The molecular formula is C14H15NO4. The molecule has 2 heterocycles. The second-order valence-corrected chi connectivity index (χ2v) is 4.68. The molecule has 100 valence electrons. The van der Waals surface area contributed by atoms with E-state index in [0.29, 0.717) is 5.58 Å². The molecule has 1 aliphatic heterocycles. The molecule has 3 rings (SSSR count). The van der Waals surface area contributed by atoms with Crippen molar-refractivity contribution in [3.05, 3.63) is 35.6 Å². The van der Waals surface area contributed by atoms with Crippen molar-refractivity contribution in [3.8, 4) is 0 Å². The number of hydrogen-bond donors (Lipinski definition) is 1. The molecule has 5 heteroatoms. The molecule has 0 bridgehead atoms. The summed E-state index contributed by atoms with van der Waals surface area (Å²) in [5.74, 6) is -1.05. The van der Waals surface area contributed by atoms with Crippen molar-refractivity contribution in [1.29, 1.82) is 0 Å². The van der Waals surface area contributed by atoms with Crippen molar-refractivity contribution in [3.63, 3.8) is 0 Å². The average Bonchev–Trinajstić information content (AvgIpc) is 2.83. The van der Waals surface area contributed by atoms with Crippen LogP contribution in [0.25, 0.3) is 11.0 Å². The van der Waals surface area contributed by atoms with Crippen LogP contribution in [0.5, 0.6) is 0 Å². The molecule has 0 unspecified atom stereocenters. The van der Waals surface area contributed by atoms with Crippen LogP contribution in [0.15, 0.2) is 28.7 Å². The van der Waals surface area contributed by atoms with Crippen molar-refractivity contribution >= 4 is 16.9 Å². The van der Waals surface area contributed by atoms with Crippen LogP contribution in [-0.4, -0.2) is 42.3 Å². The normalized spacial score (nSPS) is 16.8. The maximum absolute atomic E-state index is 10.9. The van der Waals surface area contributed by atoms with Crippen LogP contribution in [0.4, 0.5) is 0 Å².